The van der Waals surface area contributed by atoms with E-state index in [-0.39, 0.29) is 18.5 Å². The summed E-state index contributed by atoms with van der Waals surface area (Å²) in [4.78, 5) is 28.1. The molecular formula is C19H25N3O3. The highest BCUT2D eigenvalue weighted by atomic mass is 16.4. The van der Waals surface area contributed by atoms with Crippen molar-refractivity contribution in [2.75, 3.05) is 39.3 Å². The number of carbonyl (C=O) groups excluding carboxylic acids is 1. The lowest BCUT2D eigenvalue weighted by atomic mass is 9.81. The molecule has 1 aromatic rings. The van der Waals surface area contributed by atoms with Crippen LogP contribution >= 0.6 is 0 Å². The maximum Gasteiger partial charge on any atom is 0.317 e. The molecule has 2 aliphatic rings. The molecule has 2 atom stereocenters. The topological polar surface area (TPSA) is 72.9 Å². The summed E-state index contributed by atoms with van der Waals surface area (Å²) in [7, 11) is 0. The van der Waals surface area contributed by atoms with Crippen LogP contribution in [0.5, 0.6) is 0 Å². The summed E-state index contributed by atoms with van der Waals surface area (Å²) in [6.07, 6.45) is 2.56. The second kappa shape index (κ2) is 7.27. The Morgan fingerprint density at radius 1 is 1.28 bits per heavy atom. The molecule has 6 heteroatoms. The molecule has 0 spiro atoms. The predicted octanol–water partition coefficient (Wildman–Crippen LogP) is 1.44. The fourth-order valence-corrected chi connectivity index (χ4v) is 4.02. The van der Waals surface area contributed by atoms with Gasteiger partial charge in [-0.05, 0) is 12.0 Å². The van der Waals surface area contributed by atoms with Crippen LogP contribution in [0.25, 0.3) is 0 Å². The number of hydrogen-bond donors (Lipinski definition) is 2. The molecule has 0 aliphatic carbocycles. The van der Waals surface area contributed by atoms with Gasteiger partial charge in [0.05, 0.1) is 0 Å². The maximum absolute atomic E-state index is 12.4. The molecule has 0 aromatic heterocycles. The summed E-state index contributed by atoms with van der Waals surface area (Å²) in [5, 5.41) is 12.7. The van der Waals surface area contributed by atoms with E-state index in [4.69, 9.17) is 0 Å². The number of carbonyl (C=O) groups is 2. The molecule has 2 aliphatic heterocycles. The van der Waals surface area contributed by atoms with Crippen molar-refractivity contribution in [1.82, 2.24) is 15.1 Å². The molecule has 0 saturated carbocycles. The number of nitrogens with one attached hydrogen (secondary N) is 1. The van der Waals surface area contributed by atoms with Crippen LogP contribution in [0.1, 0.15) is 5.56 Å². The fraction of sp³-hybridized carbons (Fsp3) is 0.474. The summed E-state index contributed by atoms with van der Waals surface area (Å²) in [5.74, 6) is -0.825. The molecule has 25 heavy (non-hydrogen) atoms. The Labute approximate surface area is 148 Å². The average Bonchev–Trinajstić information content (AvgIpc) is 3.11. The molecule has 2 fully saturated rings. The summed E-state index contributed by atoms with van der Waals surface area (Å²) in [6.45, 7) is 6.91. The molecule has 2 amide bonds. The largest absolute Gasteiger partial charge is 0.481 e. The van der Waals surface area contributed by atoms with E-state index in [0.717, 1.165) is 6.42 Å². The second-order valence-electron chi connectivity index (χ2n) is 6.99. The minimum Gasteiger partial charge on any atom is -0.481 e. The maximum atomic E-state index is 12.4. The SMILES string of the molecule is C=CCN1C[C@@H]2CN(C(=O)NCCc3ccccc3)C[C@]2(C(=O)O)C1. The predicted molar refractivity (Wildman–Crippen MR) is 95.3 cm³/mol. The van der Waals surface area contributed by atoms with E-state index in [1.165, 1.54) is 5.56 Å². The van der Waals surface area contributed by atoms with Gasteiger partial charge in [0.2, 0.25) is 0 Å². The molecular weight excluding hydrogens is 318 g/mol. The third-order valence-corrected chi connectivity index (χ3v) is 5.31. The van der Waals surface area contributed by atoms with Crippen LogP contribution in [0.2, 0.25) is 0 Å². The number of fused-ring (bicyclic) bond motifs is 1. The highest BCUT2D eigenvalue weighted by molar-refractivity contribution is 5.81. The monoisotopic (exact) mass is 343 g/mol. The summed E-state index contributed by atoms with van der Waals surface area (Å²) in [6, 6.07) is 9.81. The second-order valence-corrected chi connectivity index (χ2v) is 6.99. The summed E-state index contributed by atoms with van der Waals surface area (Å²) in [5.41, 5.74) is 0.322. The van der Waals surface area contributed by atoms with Gasteiger partial charge in [-0.1, -0.05) is 36.4 Å². The first kappa shape index (κ1) is 17.5. The molecule has 3 rings (SSSR count). The minimum absolute atomic E-state index is 0.0233. The van der Waals surface area contributed by atoms with Gasteiger partial charge in [-0.2, -0.15) is 0 Å². The van der Waals surface area contributed by atoms with Gasteiger partial charge in [0.1, 0.15) is 5.41 Å². The Balaban J connectivity index is 1.55. The fourth-order valence-electron chi connectivity index (χ4n) is 4.02. The number of rotatable bonds is 6. The van der Waals surface area contributed by atoms with Gasteiger partial charge in [-0.25, -0.2) is 4.79 Å². The third kappa shape index (κ3) is 3.54. The Bertz CT molecular complexity index is 649. The van der Waals surface area contributed by atoms with E-state index in [1.807, 2.05) is 30.3 Å². The van der Waals surface area contributed by atoms with Crippen LogP contribution in [0, 0.1) is 11.3 Å². The first-order valence-corrected chi connectivity index (χ1v) is 8.68. The van der Waals surface area contributed by atoms with E-state index < -0.39 is 11.4 Å². The lowest BCUT2D eigenvalue weighted by molar-refractivity contribution is -0.148. The number of amides is 2. The van der Waals surface area contributed by atoms with Crippen molar-refractivity contribution in [3.63, 3.8) is 0 Å². The molecule has 2 N–H and O–H groups in total. The van der Waals surface area contributed by atoms with Crippen molar-refractivity contribution >= 4 is 12.0 Å². The molecule has 134 valence electrons. The Morgan fingerprint density at radius 3 is 2.68 bits per heavy atom. The zero-order valence-electron chi connectivity index (χ0n) is 14.4. The zero-order chi connectivity index (χ0) is 17.9. The van der Waals surface area contributed by atoms with Crippen LogP contribution in [-0.2, 0) is 11.2 Å². The van der Waals surface area contributed by atoms with Crippen LogP contribution in [-0.4, -0.2) is 66.2 Å². The Hall–Kier alpha value is -2.34. The molecule has 2 heterocycles. The normalized spacial score (nSPS) is 25.6. The summed E-state index contributed by atoms with van der Waals surface area (Å²) >= 11 is 0. The van der Waals surface area contributed by atoms with Crippen LogP contribution in [0.15, 0.2) is 43.0 Å². The van der Waals surface area contributed by atoms with Gasteiger partial charge in [0.25, 0.3) is 0 Å². The van der Waals surface area contributed by atoms with Crippen molar-refractivity contribution in [2.45, 2.75) is 6.42 Å². The van der Waals surface area contributed by atoms with E-state index >= 15 is 0 Å². The van der Waals surface area contributed by atoms with E-state index in [2.05, 4.69) is 16.8 Å². The van der Waals surface area contributed by atoms with Gasteiger partial charge in [0, 0.05) is 45.2 Å². The lowest BCUT2D eigenvalue weighted by Gasteiger charge is -2.25. The molecule has 6 nitrogen and oxygen atoms in total. The van der Waals surface area contributed by atoms with Crippen LogP contribution < -0.4 is 5.32 Å². The number of carboxylic acids is 1. The molecule has 0 radical (unpaired) electrons. The highest BCUT2D eigenvalue weighted by Crippen LogP contribution is 2.42. The van der Waals surface area contributed by atoms with Gasteiger partial charge in [-0.3, -0.25) is 9.69 Å². The zero-order valence-corrected chi connectivity index (χ0v) is 14.4. The number of likely N-dealkylation sites (tertiary alicyclic amines) is 2. The molecule has 0 unspecified atom stereocenters. The Morgan fingerprint density at radius 2 is 2.04 bits per heavy atom. The minimum atomic E-state index is -0.847. The highest BCUT2D eigenvalue weighted by Gasteiger charge is 2.58. The van der Waals surface area contributed by atoms with Crippen molar-refractivity contribution < 1.29 is 14.7 Å². The van der Waals surface area contributed by atoms with Gasteiger partial charge < -0.3 is 15.3 Å². The van der Waals surface area contributed by atoms with Crippen LogP contribution in [0.3, 0.4) is 0 Å². The van der Waals surface area contributed by atoms with E-state index in [1.54, 1.807) is 11.0 Å². The number of urea groups is 1. The number of aliphatic carboxylic acids is 1. The van der Waals surface area contributed by atoms with Gasteiger partial charge >= 0.3 is 12.0 Å². The van der Waals surface area contributed by atoms with Crippen molar-refractivity contribution in [3.8, 4) is 0 Å². The molecule has 0 bridgehead atoms. The van der Waals surface area contributed by atoms with E-state index in [9.17, 15) is 14.7 Å². The van der Waals surface area contributed by atoms with Crippen molar-refractivity contribution in [3.05, 3.63) is 48.6 Å². The first-order chi connectivity index (χ1) is 12.0. The van der Waals surface area contributed by atoms with Gasteiger partial charge in [-0.15, -0.1) is 6.58 Å². The Kier molecular flexibility index (Phi) is 5.08. The lowest BCUT2D eigenvalue weighted by Crippen LogP contribution is -2.45. The van der Waals surface area contributed by atoms with Gasteiger partial charge in [0.15, 0.2) is 0 Å². The van der Waals surface area contributed by atoms with Crippen LogP contribution in [0.4, 0.5) is 4.79 Å². The number of benzene rings is 1. The van der Waals surface area contributed by atoms with Crippen molar-refractivity contribution in [1.29, 1.82) is 0 Å². The number of hydrogen-bond acceptors (Lipinski definition) is 3. The number of nitrogens with zero attached hydrogens (tertiary/aromatic N) is 2. The standard InChI is InChI=1S/C19H25N3O3/c1-2-10-21-11-16-12-22(14-19(16,13-21)17(23)24)18(25)20-9-8-15-6-4-3-5-7-15/h2-7,16H,1,8-14H2,(H,20,25)(H,23,24)/t16-,19-/m1/s1. The third-order valence-electron chi connectivity index (χ3n) is 5.31. The average molecular weight is 343 g/mol. The number of carboxylic acid groups (broad SMARTS) is 1. The summed E-state index contributed by atoms with van der Waals surface area (Å²) < 4.78 is 0. The molecule has 1 aromatic carbocycles. The smallest absolute Gasteiger partial charge is 0.317 e. The first-order valence-electron chi connectivity index (χ1n) is 8.68. The van der Waals surface area contributed by atoms with Crippen molar-refractivity contribution in [2.24, 2.45) is 11.3 Å². The molecule has 2 saturated heterocycles. The van der Waals surface area contributed by atoms with E-state index in [0.29, 0.717) is 32.7 Å². The quantitative estimate of drug-likeness (QED) is 0.767.